The van der Waals surface area contributed by atoms with Gasteiger partial charge in [0.1, 0.15) is 22.7 Å². The Hall–Kier alpha value is -1.74. The van der Waals surface area contributed by atoms with Gasteiger partial charge in [-0.25, -0.2) is 8.42 Å². The minimum Gasteiger partial charge on any atom is -0.360 e. The molecule has 0 radical (unpaired) electrons. The van der Waals surface area contributed by atoms with Crippen LogP contribution in [0, 0.1) is 19.3 Å². The third-order valence-electron chi connectivity index (χ3n) is 5.84. The molecule has 2 aromatic heterocycles. The third kappa shape index (κ3) is 2.43. The monoisotopic (exact) mass is 365 g/mol. The van der Waals surface area contributed by atoms with Crippen molar-refractivity contribution in [2.75, 3.05) is 13.1 Å². The molecule has 1 atom stereocenters. The summed E-state index contributed by atoms with van der Waals surface area (Å²) in [7, 11) is -1.72. The van der Waals surface area contributed by atoms with Gasteiger partial charge in [0.15, 0.2) is 5.76 Å². The molecule has 25 heavy (non-hydrogen) atoms. The van der Waals surface area contributed by atoms with Gasteiger partial charge >= 0.3 is 0 Å². The maximum Gasteiger partial charge on any atom is 0.248 e. The van der Waals surface area contributed by atoms with E-state index in [1.807, 2.05) is 11.6 Å². The van der Waals surface area contributed by atoms with Gasteiger partial charge in [-0.2, -0.15) is 4.31 Å². The van der Waals surface area contributed by atoms with Crippen LogP contribution in [0.1, 0.15) is 48.9 Å². The molecule has 1 saturated carbocycles. The molecule has 1 saturated heterocycles. The quantitative estimate of drug-likeness (QED) is 0.823. The van der Waals surface area contributed by atoms with Gasteiger partial charge in [0.2, 0.25) is 10.0 Å². The standard InChI is InChI=1S/C16H23N5O3S/c1-11-14(12(2)24-19-11)25(22,23)21-8-13(15-18-17-10-20(15)3)16(9-21)6-4-5-7-16/h10,13H,4-9H2,1-3H3. The van der Waals surface area contributed by atoms with Gasteiger partial charge in [0.05, 0.1) is 0 Å². The van der Waals surface area contributed by atoms with Crippen LogP contribution in [0.2, 0.25) is 0 Å². The summed E-state index contributed by atoms with van der Waals surface area (Å²) in [5.74, 6) is 1.29. The molecule has 1 spiro atoms. The van der Waals surface area contributed by atoms with Gasteiger partial charge in [-0.3, -0.25) is 0 Å². The maximum absolute atomic E-state index is 13.3. The molecule has 0 N–H and O–H groups in total. The van der Waals surface area contributed by atoms with Gasteiger partial charge in [-0.15, -0.1) is 10.2 Å². The molecule has 8 nitrogen and oxygen atoms in total. The number of aryl methyl sites for hydroxylation is 3. The van der Waals surface area contributed by atoms with Crippen LogP contribution >= 0.6 is 0 Å². The number of hydrogen-bond donors (Lipinski definition) is 0. The summed E-state index contributed by atoms with van der Waals surface area (Å²) < 4.78 is 35.1. The van der Waals surface area contributed by atoms with Gasteiger partial charge in [0.25, 0.3) is 0 Å². The second-order valence-corrected chi connectivity index (χ2v) is 9.25. The second kappa shape index (κ2) is 5.63. The lowest BCUT2D eigenvalue weighted by atomic mass is 9.76. The fourth-order valence-corrected chi connectivity index (χ4v) is 6.47. The van der Waals surface area contributed by atoms with Gasteiger partial charge < -0.3 is 9.09 Å². The normalized spacial score (nSPS) is 23.7. The number of nitrogens with zero attached hydrogens (tertiary/aromatic N) is 5. The Morgan fingerprint density at radius 3 is 2.56 bits per heavy atom. The predicted octanol–water partition coefficient (Wildman–Crippen LogP) is 1.77. The predicted molar refractivity (Wildman–Crippen MR) is 89.4 cm³/mol. The largest absolute Gasteiger partial charge is 0.360 e. The van der Waals surface area contributed by atoms with Crippen molar-refractivity contribution in [3.05, 3.63) is 23.6 Å². The molecule has 4 rings (SSSR count). The molecule has 1 aliphatic carbocycles. The van der Waals surface area contributed by atoms with Crippen molar-refractivity contribution < 1.29 is 12.9 Å². The lowest BCUT2D eigenvalue weighted by molar-refractivity contribution is 0.274. The topological polar surface area (TPSA) is 94.1 Å². The Kier molecular flexibility index (Phi) is 3.77. The van der Waals surface area contributed by atoms with E-state index in [2.05, 4.69) is 15.4 Å². The van der Waals surface area contributed by atoms with Crippen molar-refractivity contribution in [2.24, 2.45) is 12.5 Å². The lowest BCUT2D eigenvalue weighted by Gasteiger charge is -2.29. The minimum absolute atomic E-state index is 0.0488. The molecule has 3 heterocycles. The summed E-state index contributed by atoms with van der Waals surface area (Å²) in [6.07, 6.45) is 6.00. The molecule has 1 unspecified atom stereocenters. The number of aromatic nitrogens is 4. The summed E-state index contributed by atoms with van der Waals surface area (Å²) in [5.41, 5.74) is 0.368. The lowest BCUT2D eigenvalue weighted by Crippen LogP contribution is -2.32. The third-order valence-corrected chi connectivity index (χ3v) is 7.90. The van der Waals surface area contributed by atoms with Crippen LogP contribution in [0.15, 0.2) is 15.7 Å². The first-order valence-corrected chi connectivity index (χ1v) is 10.1. The highest BCUT2D eigenvalue weighted by atomic mass is 32.2. The zero-order valence-corrected chi connectivity index (χ0v) is 15.6. The first-order valence-electron chi connectivity index (χ1n) is 8.62. The van der Waals surface area contributed by atoms with Crippen LogP contribution in [0.25, 0.3) is 0 Å². The first kappa shape index (κ1) is 16.7. The molecule has 0 amide bonds. The van der Waals surface area contributed by atoms with Crippen molar-refractivity contribution >= 4 is 10.0 Å². The Balaban J connectivity index is 1.75. The molecular weight excluding hydrogens is 342 g/mol. The van der Waals surface area contributed by atoms with Crippen LogP contribution in [0.5, 0.6) is 0 Å². The van der Waals surface area contributed by atoms with E-state index in [0.29, 0.717) is 24.5 Å². The molecule has 2 fully saturated rings. The fourth-order valence-electron chi connectivity index (χ4n) is 4.63. The summed E-state index contributed by atoms with van der Waals surface area (Å²) in [6.45, 7) is 4.27. The Bertz CT molecular complexity index is 875. The summed E-state index contributed by atoms with van der Waals surface area (Å²) in [6, 6.07) is 0. The van der Waals surface area contributed by atoms with E-state index in [1.165, 1.54) is 0 Å². The highest BCUT2D eigenvalue weighted by Crippen LogP contribution is 2.54. The highest BCUT2D eigenvalue weighted by Gasteiger charge is 2.53. The molecule has 0 aromatic carbocycles. The summed E-state index contributed by atoms with van der Waals surface area (Å²) in [4.78, 5) is 0.208. The minimum atomic E-state index is -3.64. The Labute approximate surface area is 147 Å². The zero-order chi connectivity index (χ0) is 17.8. The first-order chi connectivity index (χ1) is 11.8. The van der Waals surface area contributed by atoms with E-state index in [0.717, 1.165) is 31.5 Å². The van der Waals surface area contributed by atoms with Crippen LogP contribution in [0.4, 0.5) is 0 Å². The zero-order valence-electron chi connectivity index (χ0n) is 14.8. The number of rotatable bonds is 3. The van der Waals surface area contributed by atoms with Crippen molar-refractivity contribution in [2.45, 2.75) is 50.3 Å². The highest BCUT2D eigenvalue weighted by molar-refractivity contribution is 7.89. The maximum atomic E-state index is 13.3. The van der Waals surface area contributed by atoms with E-state index in [1.54, 1.807) is 24.5 Å². The average Bonchev–Trinajstić information content (AvgIpc) is 3.30. The van der Waals surface area contributed by atoms with Crippen LogP contribution in [-0.2, 0) is 17.1 Å². The molecule has 136 valence electrons. The van der Waals surface area contributed by atoms with E-state index in [9.17, 15) is 8.42 Å². The van der Waals surface area contributed by atoms with E-state index >= 15 is 0 Å². The van der Waals surface area contributed by atoms with Gasteiger partial charge in [0, 0.05) is 26.1 Å². The fraction of sp³-hybridized carbons (Fsp3) is 0.688. The Morgan fingerprint density at radius 2 is 2.00 bits per heavy atom. The number of hydrogen-bond acceptors (Lipinski definition) is 6. The molecule has 9 heteroatoms. The van der Waals surface area contributed by atoms with Crippen molar-refractivity contribution in [3.63, 3.8) is 0 Å². The summed E-state index contributed by atoms with van der Waals surface area (Å²) >= 11 is 0. The van der Waals surface area contributed by atoms with E-state index < -0.39 is 10.0 Å². The second-order valence-electron chi connectivity index (χ2n) is 7.37. The van der Waals surface area contributed by atoms with E-state index in [4.69, 9.17) is 4.52 Å². The van der Waals surface area contributed by atoms with Gasteiger partial charge in [-0.1, -0.05) is 18.0 Å². The smallest absolute Gasteiger partial charge is 0.248 e. The molecule has 2 aromatic rings. The summed E-state index contributed by atoms with van der Waals surface area (Å²) in [5, 5.41) is 12.1. The Morgan fingerprint density at radius 1 is 1.28 bits per heavy atom. The molecular formula is C16H23N5O3S. The van der Waals surface area contributed by atoms with Crippen LogP contribution in [-0.4, -0.2) is 45.7 Å². The van der Waals surface area contributed by atoms with Crippen LogP contribution < -0.4 is 0 Å². The van der Waals surface area contributed by atoms with Crippen molar-refractivity contribution in [1.29, 1.82) is 0 Å². The molecule has 2 aliphatic rings. The average molecular weight is 365 g/mol. The SMILES string of the molecule is Cc1noc(C)c1S(=O)(=O)N1CC(c2nncn2C)C2(CCCC2)C1. The van der Waals surface area contributed by atoms with Crippen molar-refractivity contribution in [3.8, 4) is 0 Å². The molecule has 0 bridgehead atoms. The van der Waals surface area contributed by atoms with Crippen LogP contribution in [0.3, 0.4) is 0 Å². The van der Waals surface area contributed by atoms with E-state index in [-0.39, 0.29) is 16.2 Å². The number of sulfonamides is 1. The van der Waals surface area contributed by atoms with Crippen molar-refractivity contribution in [1.82, 2.24) is 24.2 Å². The molecule has 1 aliphatic heterocycles. The van der Waals surface area contributed by atoms with Gasteiger partial charge in [-0.05, 0) is 32.1 Å².